The van der Waals surface area contributed by atoms with E-state index in [2.05, 4.69) is 0 Å². The predicted octanol–water partition coefficient (Wildman–Crippen LogP) is 1.11. The van der Waals surface area contributed by atoms with Crippen molar-refractivity contribution in [2.24, 2.45) is 0 Å². The van der Waals surface area contributed by atoms with E-state index in [1.165, 1.54) is 0 Å². The second-order valence-electron chi connectivity index (χ2n) is 1.72. The third kappa shape index (κ3) is 6.01. The zero-order valence-corrected chi connectivity index (χ0v) is 6.76. The smallest absolute Gasteiger partial charge is 0.171 e. The number of rotatable bonds is 2. The monoisotopic (exact) mass is 142 g/mol. The molecule has 0 spiro atoms. The van der Waals surface area contributed by atoms with Gasteiger partial charge in [-0.25, -0.2) is 0 Å². The predicted molar refractivity (Wildman–Crippen MR) is 30.0 cm³/mol. The van der Waals surface area contributed by atoms with E-state index in [0.29, 0.717) is 6.42 Å². The van der Waals surface area contributed by atoms with Crippen LogP contribution in [-0.2, 0) is 0 Å². The Kier molecular flexibility index (Phi) is 3.12. The van der Waals surface area contributed by atoms with Gasteiger partial charge in [-0.15, -0.1) is 0 Å². The van der Waals surface area contributed by atoms with Crippen LogP contribution in [0.1, 0.15) is 12.8 Å². The van der Waals surface area contributed by atoms with Gasteiger partial charge in [-0.05, 0) is 6.42 Å². The van der Waals surface area contributed by atoms with Gasteiger partial charge in [-0.3, -0.25) is 0 Å². The topological polar surface area (TPSA) is 0 Å². The van der Waals surface area contributed by atoms with Gasteiger partial charge in [-0.1, -0.05) is 6.04 Å². The highest BCUT2D eigenvalue weighted by atomic mass is 28.1. The van der Waals surface area contributed by atoms with Crippen LogP contribution in [0.2, 0.25) is 6.04 Å². The van der Waals surface area contributed by atoms with Crippen molar-refractivity contribution in [2.75, 3.05) is 0 Å². The number of halogens is 3. The summed E-state index contributed by atoms with van der Waals surface area (Å²) in [4.78, 5) is 0. The molecule has 50 valence electrons. The maximum absolute atomic E-state index is 11.3. The van der Waals surface area contributed by atoms with Crippen LogP contribution in [-0.4, -0.2) is 16.4 Å². The Bertz CT molecular complexity index is 58.8. The largest absolute Gasteiger partial charge is 0.389 e. The van der Waals surface area contributed by atoms with Crippen molar-refractivity contribution in [1.29, 1.82) is 0 Å². The highest BCUT2D eigenvalue weighted by Crippen LogP contribution is 2.21. The fourth-order valence-electron chi connectivity index (χ4n) is 0.377. The molecule has 0 aliphatic rings. The number of hydrogen-bond acceptors (Lipinski definition) is 0. The summed E-state index contributed by atoms with van der Waals surface area (Å²) in [6.45, 7) is 0. The van der Waals surface area contributed by atoms with E-state index in [4.69, 9.17) is 0 Å². The summed E-state index contributed by atoms with van der Waals surface area (Å²) in [5.74, 6) is 0. The second-order valence-corrected chi connectivity index (χ2v) is 2.72. The van der Waals surface area contributed by atoms with Gasteiger partial charge >= 0.3 is 6.18 Å². The summed E-state index contributed by atoms with van der Waals surface area (Å²) in [5, 5.41) is 0. The molecule has 0 radical (unpaired) electrons. The standard InChI is InChI=1S/C4H9F3Si/c5-4(6,7)2-1-3-8/h1-3H2,8H3. The lowest BCUT2D eigenvalue weighted by molar-refractivity contribution is -0.134. The molecule has 0 rings (SSSR count). The van der Waals surface area contributed by atoms with Gasteiger partial charge in [0, 0.05) is 16.7 Å². The van der Waals surface area contributed by atoms with Crippen molar-refractivity contribution in [1.82, 2.24) is 0 Å². The first-order chi connectivity index (χ1) is 3.56. The molecule has 0 aromatic heterocycles. The molecule has 0 heterocycles. The van der Waals surface area contributed by atoms with E-state index in [-0.39, 0.29) is 0 Å². The lowest BCUT2D eigenvalue weighted by Gasteiger charge is -2.02. The number of hydrogen-bond donors (Lipinski definition) is 0. The average molecular weight is 142 g/mol. The quantitative estimate of drug-likeness (QED) is 0.507. The third-order valence-electron chi connectivity index (χ3n) is 0.814. The van der Waals surface area contributed by atoms with Gasteiger partial charge in [0.1, 0.15) is 0 Å². The van der Waals surface area contributed by atoms with Crippen LogP contribution in [0.3, 0.4) is 0 Å². The van der Waals surface area contributed by atoms with E-state index in [0.717, 1.165) is 16.3 Å². The van der Waals surface area contributed by atoms with Gasteiger partial charge < -0.3 is 0 Å². The van der Waals surface area contributed by atoms with Crippen LogP contribution in [0.5, 0.6) is 0 Å². The van der Waals surface area contributed by atoms with Crippen LogP contribution in [0, 0.1) is 0 Å². The molecule has 0 saturated carbocycles. The molecule has 0 amide bonds. The van der Waals surface area contributed by atoms with Crippen LogP contribution in [0.25, 0.3) is 0 Å². The van der Waals surface area contributed by atoms with Crippen molar-refractivity contribution in [3.8, 4) is 0 Å². The Labute approximate surface area is 49.5 Å². The van der Waals surface area contributed by atoms with Crippen molar-refractivity contribution in [3.63, 3.8) is 0 Å². The Morgan fingerprint density at radius 3 is 1.88 bits per heavy atom. The van der Waals surface area contributed by atoms with Gasteiger partial charge in [0.05, 0.1) is 0 Å². The Hall–Kier alpha value is 0.00688. The van der Waals surface area contributed by atoms with E-state index < -0.39 is 12.6 Å². The molecule has 0 unspecified atom stereocenters. The summed E-state index contributed by atoms with van der Waals surface area (Å²) < 4.78 is 33.8. The van der Waals surface area contributed by atoms with Crippen LogP contribution in [0.4, 0.5) is 13.2 Å². The lowest BCUT2D eigenvalue weighted by Crippen LogP contribution is -2.05. The Balaban J connectivity index is 3.11. The molecular formula is C4H9F3Si. The second kappa shape index (κ2) is 3.12. The lowest BCUT2D eigenvalue weighted by atomic mass is 10.3. The van der Waals surface area contributed by atoms with E-state index in [1.807, 2.05) is 0 Å². The summed E-state index contributed by atoms with van der Waals surface area (Å²) in [5.41, 5.74) is 0. The van der Waals surface area contributed by atoms with Gasteiger partial charge in [0.25, 0.3) is 0 Å². The average Bonchev–Trinajstić information content (AvgIpc) is 1.59. The molecule has 0 atom stereocenters. The zero-order valence-electron chi connectivity index (χ0n) is 4.76. The van der Waals surface area contributed by atoms with Crippen molar-refractivity contribution in [2.45, 2.75) is 25.1 Å². The molecule has 8 heavy (non-hydrogen) atoms. The zero-order chi connectivity index (χ0) is 6.62. The molecule has 0 bridgehead atoms. The minimum absolute atomic E-state index is 0.315. The maximum Gasteiger partial charge on any atom is 0.389 e. The van der Waals surface area contributed by atoms with E-state index >= 15 is 0 Å². The minimum Gasteiger partial charge on any atom is -0.171 e. The van der Waals surface area contributed by atoms with Crippen molar-refractivity contribution in [3.05, 3.63) is 0 Å². The summed E-state index contributed by atoms with van der Waals surface area (Å²) >= 11 is 0. The van der Waals surface area contributed by atoms with Crippen LogP contribution in [0.15, 0.2) is 0 Å². The fourth-order valence-corrected chi connectivity index (χ4v) is 0.731. The molecule has 0 N–H and O–H groups in total. The van der Waals surface area contributed by atoms with Crippen LogP contribution >= 0.6 is 0 Å². The van der Waals surface area contributed by atoms with Gasteiger partial charge in [0.2, 0.25) is 0 Å². The number of alkyl halides is 3. The molecule has 0 fully saturated rings. The summed E-state index contributed by atoms with van der Waals surface area (Å²) in [6.07, 6.45) is -4.21. The SMILES string of the molecule is FC(F)(F)CCC[SiH3]. The molecule has 0 nitrogen and oxygen atoms in total. The first-order valence-electron chi connectivity index (χ1n) is 2.63. The Morgan fingerprint density at radius 2 is 1.75 bits per heavy atom. The summed E-state index contributed by atoms with van der Waals surface area (Å²) in [7, 11) is 0.882. The normalized spacial score (nSPS) is 12.4. The molecule has 0 aromatic carbocycles. The minimum atomic E-state index is -3.93. The molecule has 0 aliphatic carbocycles. The first-order valence-corrected chi connectivity index (χ1v) is 4.04. The molecular weight excluding hydrogens is 133 g/mol. The molecule has 0 saturated heterocycles. The Morgan fingerprint density at radius 1 is 1.25 bits per heavy atom. The van der Waals surface area contributed by atoms with E-state index in [9.17, 15) is 13.2 Å². The maximum atomic E-state index is 11.3. The van der Waals surface area contributed by atoms with Crippen LogP contribution < -0.4 is 0 Å². The molecule has 0 aromatic rings. The highest BCUT2D eigenvalue weighted by Gasteiger charge is 2.25. The summed E-state index contributed by atoms with van der Waals surface area (Å²) in [6, 6.07) is 0.750. The molecule has 4 heteroatoms. The van der Waals surface area contributed by atoms with E-state index in [1.54, 1.807) is 0 Å². The molecule has 0 aliphatic heterocycles. The van der Waals surface area contributed by atoms with Gasteiger partial charge in [-0.2, -0.15) is 13.2 Å². The fraction of sp³-hybridized carbons (Fsp3) is 1.00. The van der Waals surface area contributed by atoms with Crippen molar-refractivity contribution < 1.29 is 13.2 Å². The third-order valence-corrected chi connectivity index (χ3v) is 1.52. The van der Waals surface area contributed by atoms with Crippen molar-refractivity contribution >= 4 is 10.2 Å². The first kappa shape index (κ1) is 8.01. The van der Waals surface area contributed by atoms with Gasteiger partial charge in [0.15, 0.2) is 0 Å². The highest BCUT2D eigenvalue weighted by molar-refractivity contribution is 6.08.